The fraction of sp³-hybridized carbons (Fsp3) is 0.200. The lowest BCUT2D eigenvalue weighted by molar-refractivity contribution is 0.627. The molecule has 0 aliphatic rings. The van der Waals surface area contributed by atoms with Gasteiger partial charge < -0.3 is 0 Å². The highest BCUT2D eigenvalue weighted by molar-refractivity contribution is 6.03. The molecule has 2 heterocycles. The van der Waals surface area contributed by atoms with Crippen molar-refractivity contribution >= 4 is 45.6 Å². The Hall–Kier alpha value is -5.50. The van der Waals surface area contributed by atoms with Gasteiger partial charge in [-0.3, -0.25) is 20.0 Å². The summed E-state index contributed by atoms with van der Waals surface area (Å²) in [6.45, 7) is 15.4. The Kier molecular flexibility index (Phi) is 10.2. The maximum Gasteiger partial charge on any atom is 0.125 e. The minimum atomic E-state index is -0.324. The first-order valence-corrected chi connectivity index (χ1v) is 15.7. The third-order valence-electron chi connectivity index (χ3n) is 7.99. The molecule has 5 rings (SSSR count). The smallest absolute Gasteiger partial charge is 0.125 e. The molecular weight excluding hydrogens is 602 g/mol. The Morgan fingerprint density at radius 1 is 0.417 bits per heavy atom. The minimum Gasteiger partial charge on any atom is -0.251 e. The molecule has 2 aromatic heterocycles. The number of pyridine rings is 2. The van der Waals surface area contributed by atoms with Crippen LogP contribution in [0.2, 0.25) is 0 Å². The van der Waals surface area contributed by atoms with Crippen molar-refractivity contribution in [1.29, 1.82) is 0 Å². The van der Waals surface area contributed by atoms with E-state index < -0.39 is 0 Å². The molecule has 6 nitrogen and oxygen atoms in total. The van der Waals surface area contributed by atoms with Crippen LogP contribution in [-0.2, 0) is 0 Å². The Balaban J connectivity index is 1.38. The summed E-state index contributed by atoms with van der Waals surface area (Å²) < 4.78 is 27.6. The van der Waals surface area contributed by atoms with Gasteiger partial charge in [-0.15, -0.1) is 0 Å². The molecule has 0 unspecified atom stereocenters. The van der Waals surface area contributed by atoms with Crippen LogP contribution in [0.3, 0.4) is 0 Å². The molecule has 3 aromatic carbocycles. The van der Waals surface area contributed by atoms with Crippen molar-refractivity contribution in [3.8, 4) is 0 Å². The van der Waals surface area contributed by atoms with Crippen molar-refractivity contribution in [1.82, 2.24) is 9.97 Å². The first-order chi connectivity index (χ1) is 22.9. The fourth-order valence-corrected chi connectivity index (χ4v) is 5.06. The van der Waals surface area contributed by atoms with Gasteiger partial charge in [0.25, 0.3) is 0 Å². The van der Waals surface area contributed by atoms with Crippen molar-refractivity contribution < 1.29 is 8.78 Å². The zero-order valence-corrected chi connectivity index (χ0v) is 28.5. The highest BCUT2D eigenvalue weighted by Crippen LogP contribution is 2.30. The van der Waals surface area contributed by atoms with Gasteiger partial charge in [0.2, 0.25) is 0 Å². The van der Waals surface area contributed by atoms with Crippen molar-refractivity contribution in [3.05, 3.63) is 142 Å². The van der Waals surface area contributed by atoms with E-state index in [2.05, 4.69) is 9.98 Å². The highest BCUT2D eigenvalue weighted by atomic mass is 19.1. The molecule has 0 spiro atoms. The molecule has 0 bridgehead atoms. The third kappa shape index (κ3) is 8.07. The lowest BCUT2D eigenvalue weighted by Crippen LogP contribution is -2.05. The molecule has 0 amide bonds. The van der Waals surface area contributed by atoms with Crippen LogP contribution in [-0.4, -0.2) is 32.8 Å². The number of nitrogens with zero attached hydrogens (tertiary/aromatic N) is 6. The first kappa shape index (κ1) is 33.9. The van der Waals surface area contributed by atoms with Crippen molar-refractivity contribution in [2.45, 2.75) is 55.4 Å². The number of hydrogen-bond acceptors (Lipinski definition) is 6. The van der Waals surface area contributed by atoms with Crippen LogP contribution in [0.4, 0.5) is 31.5 Å². The number of halogens is 2. The lowest BCUT2D eigenvalue weighted by atomic mass is 10.1. The van der Waals surface area contributed by atoms with Crippen molar-refractivity contribution in [2.24, 2.45) is 20.0 Å². The molecular formula is C40H38F2N6. The maximum absolute atomic E-state index is 13.8. The van der Waals surface area contributed by atoms with Gasteiger partial charge in [-0.2, -0.15) is 0 Å². The number of aryl methyl sites for hydroxylation is 4. The van der Waals surface area contributed by atoms with E-state index in [0.717, 1.165) is 56.4 Å². The summed E-state index contributed by atoms with van der Waals surface area (Å²) in [5.41, 5.74) is 12.3. The summed E-state index contributed by atoms with van der Waals surface area (Å²) >= 11 is 0. The second-order valence-corrected chi connectivity index (χ2v) is 11.9. The number of aliphatic imine (C=N–C) groups is 4. The summed E-state index contributed by atoms with van der Waals surface area (Å²) in [4.78, 5) is 28.7. The van der Waals surface area contributed by atoms with Crippen LogP contribution >= 0.6 is 0 Å². The molecule has 0 fully saturated rings. The van der Waals surface area contributed by atoms with Gasteiger partial charge >= 0.3 is 0 Å². The van der Waals surface area contributed by atoms with E-state index >= 15 is 0 Å². The van der Waals surface area contributed by atoms with Gasteiger partial charge in [0.15, 0.2) is 0 Å². The molecule has 0 aliphatic heterocycles. The molecule has 8 heteroatoms. The van der Waals surface area contributed by atoms with Gasteiger partial charge in [-0.1, -0.05) is 24.3 Å². The zero-order chi connectivity index (χ0) is 34.5. The first-order valence-electron chi connectivity index (χ1n) is 15.7. The highest BCUT2D eigenvalue weighted by Gasteiger charge is 2.11. The van der Waals surface area contributed by atoms with Crippen LogP contribution in [0.1, 0.15) is 72.7 Å². The van der Waals surface area contributed by atoms with E-state index in [1.807, 2.05) is 104 Å². The second-order valence-electron chi connectivity index (χ2n) is 11.9. The number of rotatable bonds is 8. The number of benzene rings is 3. The molecule has 242 valence electrons. The van der Waals surface area contributed by atoms with E-state index in [9.17, 15) is 8.78 Å². The average molecular weight is 641 g/mol. The van der Waals surface area contributed by atoms with Crippen LogP contribution in [0.5, 0.6) is 0 Å². The predicted molar refractivity (Wildman–Crippen MR) is 194 cm³/mol. The molecule has 0 N–H and O–H groups in total. The Bertz CT molecular complexity index is 1990. The fourth-order valence-electron chi connectivity index (χ4n) is 5.06. The van der Waals surface area contributed by atoms with Crippen LogP contribution < -0.4 is 0 Å². The zero-order valence-electron chi connectivity index (χ0n) is 28.5. The Morgan fingerprint density at radius 2 is 0.708 bits per heavy atom. The van der Waals surface area contributed by atoms with Crippen molar-refractivity contribution in [3.63, 3.8) is 0 Å². The molecule has 0 saturated heterocycles. The van der Waals surface area contributed by atoms with Gasteiger partial charge in [0.1, 0.15) is 11.6 Å². The normalized spacial score (nSPS) is 12.9. The predicted octanol–water partition coefficient (Wildman–Crippen LogP) is 10.6. The van der Waals surface area contributed by atoms with E-state index in [4.69, 9.17) is 20.0 Å². The van der Waals surface area contributed by atoms with Crippen LogP contribution in [0.25, 0.3) is 0 Å². The average Bonchev–Trinajstić information content (AvgIpc) is 3.06. The second kappa shape index (κ2) is 14.5. The maximum atomic E-state index is 13.8. The largest absolute Gasteiger partial charge is 0.251 e. The minimum absolute atomic E-state index is 0.324. The van der Waals surface area contributed by atoms with Crippen LogP contribution in [0, 0.1) is 39.3 Å². The van der Waals surface area contributed by atoms with E-state index in [-0.39, 0.29) is 11.6 Å². The summed E-state index contributed by atoms with van der Waals surface area (Å²) in [6.07, 6.45) is 0. The topological polar surface area (TPSA) is 75.2 Å². The number of aromatic nitrogens is 2. The van der Waals surface area contributed by atoms with Crippen LogP contribution in [0.15, 0.2) is 105 Å². The Morgan fingerprint density at radius 3 is 1.02 bits per heavy atom. The third-order valence-corrected chi connectivity index (χ3v) is 7.99. The van der Waals surface area contributed by atoms with Gasteiger partial charge in [-0.05, 0) is 138 Å². The summed E-state index contributed by atoms with van der Waals surface area (Å²) in [7, 11) is 0. The summed E-state index contributed by atoms with van der Waals surface area (Å²) in [5, 5.41) is 0. The van der Waals surface area contributed by atoms with E-state index in [1.165, 1.54) is 24.3 Å². The number of hydrogen-bond donors (Lipinski definition) is 0. The van der Waals surface area contributed by atoms with Crippen molar-refractivity contribution in [2.75, 3.05) is 0 Å². The SMILES string of the molecule is C/C(=N\c1cc(F)ccc1C)c1cccc(/C(C)=N/c2cc(C)c(/N=C(\C)c3cccc(/C(C)=N/c4cc(F)ccc4C)n3)cc2C)n1. The Labute approximate surface area is 280 Å². The van der Waals surface area contributed by atoms with E-state index in [1.54, 1.807) is 12.1 Å². The lowest BCUT2D eigenvalue weighted by Gasteiger charge is -2.10. The molecule has 0 atom stereocenters. The van der Waals surface area contributed by atoms with Gasteiger partial charge in [-0.25, -0.2) is 18.7 Å². The summed E-state index contributed by atoms with van der Waals surface area (Å²) in [6, 6.07) is 24.6. The van der Waals surface area contributed by atoms with E-state index in [0.29, 0.717) is 34.2 Å². The molecule has 0 saturated carbocycles. The quantitative estimate of drug-likeness (QED) is 0.158. The summed E-state index contributed by atoms with van der Waals surface area (Å²) in [5.74, 6) is -0.649. The van der Waals surface area contributed by atoms with Gasteiger partial charge in [0.05, 0.1) is 68.4 Å². The standard InChI is InChI=1S/C40H38F2N6/c1-23-15-17-31(41)21-39(23)45-29(7)35-13-9-11-33(47-35)27(5)43-37-19-26(4)38(20-25(37)3)44-28(6)34-12-10-14-36(48-34)30(8)46-40-22-32(42)18-16-24(40)2/h9-22H,1-8H3/b43-27+,44-28+,45-29+,46-30+. The molecule has 0 radical (unpaired) electrons. The molecule has 48 heavy (non-hydrogen) atoms. The van der Waals surface area contributed by atoms with Gasteiger partial charge in [0, 0.05) is 0 Å². The molecule has 0 aliphatic carbocycles. The monoisotopic (exact) mass is 640 g/mol. The molecule has 5 aromatic rings.